The minimum atomic E-state index is -0.388. The van der Waals surface area contributed by atoms with Crippen molar-refractivity contribution in [3.63, 3.8) is 0 Å². The van der Waals surface area contributed by atoms with Crippen LogP contribution in [0, 0.1) is 0 Å². The van der Waals surface area contributed by atoms with Gasteiger partial charge in [-0.15, -0.1) is 11.3 Å². The molecular weight excluding hydrogens is 338 g/mol. The van der Waals surface area contributed by atoms with E-state index >= 15 is 0 Å². The second-order valence-corrected chi connectivity index (χ2v) is 6.68. The number of esters is 1. The number of nitrogens with zero attached hydrogens (tertiary/aromatic N) is 3. The summed E-state index contributed by atoms with van der Waals surface area (Å²) in [6.45, 7) is 2.26. The highest BCUT2D eigenvalue weighted by molar-refractivity contribution is 7.09. The average Bonchev–Trinajstić information content (AvgIpc) is 3.06. The molecule has 6 nitrogen and oxygen atoms in total. The van der Waals surface area contributed by atoms with Gasteiger partial charge in [-0.05, 0) is 18.9 Å². The van der Waals surface area contributed by atoms with Crippen LogP contribution in [0.1, 0.15) is 29.7 Å². The fourth-order valence-electron chi connectivity index (χ4n) is 2.59. The first-order valence-electron chi connectivity index (χ1n) is 8.12. The number of rotatable bonds is 6. The quantitative estimate of drug-likeness (QED) is 0.634. The van der Waals surface area contributed by atoms with E-state index in [0.29, 0.717) is 16.5 Å². The third-order valence-corrected chi connectivity index (χ3v) is 4.75. The lowest BCUT2D eigenvalue weighted by Crippen LogP contribution is -2.22. The molecule has 0 aliphatic carbocycles. The molecular formula is C18H19N3O3S. The Balaban J connectivity index is 1.71. The third-order valence-electron chi connectivity index (χ3n) is 3.79. The summed E-state index contributed by atoms with van der Waals surface area (Å²) < 4.78 is 6.57. The predicted octanol–water partition coefficient (Wildman–Crippen LogP) is 2.63. The molecule has 0 amide bonds. The Morgan fingerprint density at radius 2 is 2.04 bits per heavy atom. The molecule has 3 aromatic rings. The second kappa shape index (κ2) is 7.57. The van der Waals surface area contributed by atoms with E-state index in [1.807, 2.05) is 11.4 Å². The van der Waals surface area contributed by atoms with Crippen LogP contribution >= 0.6 is 11.3 Å². The molecule has 0 spiro atoms. The summed E-state index contributed by atoms with van der Waals surface area (Å²) in [4.78, 5) is 28.7. The first-order chi connectivity index (χ1) is 12.1. The molecule has 7 heteroatoms. The van der Waals surface area contributed by atoms with E-state index in [9.17, 15) is 9.59 Å². The van der Waals surface area contributed by atoms with Gasteiger partial charge in [-0.1, -0.05) is 25.1 Å². The largest absolute Gasteiger partial charge is 0.459 e. The summed E-state index contributed by atoms with van der Waals surface area (Å²) >= 11 is 1.58. The maximum absolute atomic E-state index is 12.2. The summed E-state index contributed by atoms with van der Waals surface area (Å²) in [5.41, 5.74) is 1.12. The van der Waals surface area contributed by atoms with Gasteiger partial charge in [0.05, 0.1) is 28.2 Å². The molecule has 0 atom stereocenters. The predicted molar refractivity (Wildman–Crippen MR) is 96.6 cm³/mol. The van der Waals surface area contributed by atoms with Crippen molar-refractivity contribution in [2.75, 3.05) is 0 Å². The molecule has 25 heavy (non-hydrogen) atoms. The third kappa shape index (κ3) is 3.93. The van der Waals surface area contributed by atoms with Crippen LogP contribution in [-0.4, -0.2) is 20.7 Å². The molecule has 130 valence electrons. The highest BCUT2D eigenvalue weighted by atomic mass is 32.1. The summed E-state index contributed by atoms with van der Waals surface area (Å²) in [7, 11) is 1.58. The molecule has 0 N–H and O–H groups in total. The van der Waals surface area contributed by atoms with E-state index in [1.54, 1.807) is 36.6 Å². The van der Waals surface area contributed by atoms with Crippen molar-refractivity contribution in [3.8, 4) is 0 Å². The number of benzene rings is 1. The molecule has 0 saturated heterocycles. The lowest BCUT2D eigenvalue weighted by Gasteiger charge is -2.08. The Kier molecular flexibility index (Phi) is 5.23. The Bertz CT molecular complexity index is 962. The van der Waals surface area contributed by atoms with Gasteiger partial charge >= 0.3 is 5.97 Å². The molecule has 0 saturated carbocycles. The number of carbonyl (C=O) groups excluding carboxylic acids is 1. The van der Waals surface area contributed by atoms with E-state index in [1.165, 1.54) is 4.68 Å². The van der Waals surface area contributed by atoms with Gasteiger partial charge in [-0.3, -0.25) is 9.59 Å². The fourth-order valence-corrected chi connectivity index (χ4v) is 3.48. The standard InChI is InChI=1S/C18H19N3O3S/c1-3-6-16-19-12(11-25-16)10-24-17(22)9-15-13-7-4-5-8-14(13)18(23)21(2)20-15/h4-5,7-8,11H,3,6,9-10H2,1-2H3. The zero-order chi connectivity index (χ0) is 17.8. The molecule has 0 fully saturated rings. The van der Waals surface area contributed by atoms with Crippen molar-refractivity contribution in [3.05, 3.63) is 56.4 Å². The van der Waals surface area contributed by atoms with Gasteiger partial charge in [0.2, 0.25) is 0 Å². The molecule has 0 bridgehead atoms. The number of ether oxygens (including phenoxy) is 1. The van der Waals surface area contributed by atoms with E-state index < -0.39 is 0 Å². The van der Waals surface area contributed by atoms with Gasteiger partial charge < -0.3 is 4.74 Å². The van der Waals surface area contributed by atoms with Crippen LogP contribution in [0.2, 0.25) is 0 Å². The second-order valence-electron chi connectivity index (χ2n) is 5.74. The molecule has 3 rings (SSSR count). The maximum Gasteiger partial charge on any atom is 0.312 e. The number of thiazole rings is 1. The van der Waals surface area contributed by atoms with Gasteiger partial charge in [0.15, 0.2) is 0 Å². The Morgan fingerprint density at radius 1 is 1.28 bits per heavy atom. The average molecular weight is 357 g/mol. The smallest absolute Gasteiger partial charge is 0.312 e. The van der Waals surface area contributed by atoms with Gasteiger partial charge in [0, 0.05) is 17.8 Å². The maximum atomic E-state index is 12.2. The monoisotopic (exact) mass is 357 g/mol. The van der Waals surface area contributed by atoms with E-state index in [-0.39, 0.29) is 24.6 Å². The summed E-state index contributed by atoms with van der Waals surface area (Å²) in [6.07, 6.45) is 1.99. The van der Waals surface area contributed by atoms with E-state index in [2.05, 4.69) is 17.0 Å². The van der Waals surface area contributed by atoms with E-state index in [0.717, 1.165) is 23.5 Å². The molecule has 0 aliphatic rings. The van der Waals surface area contributed by atoms with Crippen molar-refractivity contribution in [1.82, 2.24) is 14.8 Å². The molecule has 0 unspecified atom stereocenters. The number of aryl methyl sites for hydroxylation is 2. The molecule has 1 aromatic carbocycles. The van der Waals surface area contributed by atoms with Crippen molar-refractivity contribution in [2.45, 2.75) is 32.8 Å². The molecule has 0 aliphatic heterocycles. The zero-order valence-corrected chi connectivity index (χ0v) is 15.0. The van der Waals surface area contributed by atoms with Crippen LogP contribution in [0.3, 0.4) is 0 Å². The van der Waals surface area contributed by atoms with Crippen LogP contribution in [0.15, 0.2) is 34.4 Å². The topological polar surface area (TPSA) is 74.1 Å². The summed E-state index contributed by atoms with van der Waals surface area (Å²) in [5, 5.41) is 8.41. The summed E-state index contributed by atoms with van der Waals surface area (Å²) in [6, 6.07) is 7.15. The first kappa shape index (κ1) is 17.3. The lowest BCUT2D eigenvalue weighted by atomic mass is 10.1. The Morgan fingerprint density at radius 3 is 2.80 bits per heavy atom. The first-order valence-corrected chi connectivity index (χ1v) is 9.00. The van der Waals surface area contributed by atoms with Gasteiger partial charge in [0.25, 0.3) is 5.56 Å². The SMILES string of the molecule is CCCc1nc(COC(=O)Cc2nn(C)c(=O)c3ccccc23)cs1. The number of hydrogen-bond donors (Lipinski definition) is 0. The normalized spacial score (nSPS) is 11.0. The van der Waals surface area contributed by atoms with Crippen molar-refractivity contribution in [1.29, 1.82) is 0 Å². The molecule has 0 radical (unpaired) electrons. The van der Waals surface area contributed by atoms with Crippen LogP contribution in [0.4, 0.5) is 0 Å². The van der Waals surface area contributed by atoms with Crippen LogP contribution in [0.5, 0.6) is 0 Å². The zero-order valence-electron chi connectivity index (χ0n) is 14.2. The fraction of sp³-hybridized carbons (Fsp3) is 0.333. The lowest BCUT2D eigenvalue weighted by molar-refractivity contribution is -0.144. The molecule has 2 aromatic heterocycles. The Labute approximate surface area is 149 Å². The highest BCUT2D eigenvalue weighted by Crippen LogP contribution is 2.15. The minimum absolute atomic E-state index is 0.0145. The van der Waals surface area contributed by atoms with E-state index in [4.69, 9.17) is 4.74 Å². The number of hydrogen-bond acceptors (Lipinski definition) is 6. The number of fused-ring (bicyclic) bond motifs is 1. The van der Waals surface area contributed by atoms with Crippen LogP contribution in [0.25, 0.3) is 10.8 Å². The van der Waals surface area contributed by atoms with Crippen molar-refractivity contribution < 1.29 is 9.53 Å². The van der Waals surface area contributed by atoms with Gasteiger partial charge in [0.1, 0.15) is 6.61 Å². The highest BCUT2D eigenvalue weighted by Gasteiger charge is 2.14. The van der Waals surface area contributed by atoms with Gasteiger partial charge in [-0.25, -0.2) is 9.67 Å². The van der Waals surface area contributed by atoms with Gasteiger partial charge in [-0.2, -0.15) is 5.10 Å². The van der Waals surface area contributed by atoms with Crippen molar-refractivity contribution in [2.24, 2.45) is 7.05 Å². The Hall–Kier alpha value is -2.54. The van der Waals surface area contributed by atoms with Crippen LogP contribution in [-0.2, 0) is 36.0 Å². The molecule has 2 heterocycles. The summed E-state index contributed by atoms with van der Waals surface area (Å²) in [5.74, 6) is -0.388. The van der Waals surface area contributed by atoms with Crippen molar-refractivity contribution >= 4 is 28.1 Å². The minimum Gasteiger partial charge on any atom is -0.459 e. The van der Waals surface area contributed by atoms with Crippen LogP contribution < -0.4 is 5.56 Å². The number of carbonyl (C=O) groups is 1. The number of aromatic nitrogens is 3.